The quantitative estimate of drug-likeness (QED) is 0.626. The lowest BCUT2D eigenvalue weighted by atomic mass is 10.1. The fraction of sp³-hybridized carbons (Fsp3) is 0.176. The van der Waals surface area contributed by atoms with Gasteiger partial charge in [0.2, 0.25) is 10.0 Å². The van der Waals surface area contributed by atoms with Crippen LogP contribution in [0.15, 0.2) is 41.4 Å². The van der Waals surface area contributed by atoms with E-state index in [-0.39, 0.29) is 10.6 Å². The molecule has 0 aliphatic rings. The summed E-state index contributed by atoms with van der Waals surface area (Å²) in [6.45, 7) is 0.512. The number of sulfonamides is 1. The number of halogens is 2. The number of fused-ring (bicyclic) bond motifs is 1. The highest BCUT2D eigenvalue weighted by Crippen LogP contribution is 2.27. The third-order valence-electron chi connectivity index (χ3n) is 3.84. The van der Waals surface area contributed by atoms with Gasteiger partial charge >= 0.3 is 0 Å². The zero-order valence-corrected chi connectivity index (χ0v) is 16.6. The minimum atomic E-state index is -3.87. The van der Waals surface area contributed by atoms with Gasteiger partial charge in [-0.1, -0.05) is 29.3 Å². The van der Waals surface area contributed by atoms with Gasteiger partial charge in [0.25, 0.3) is 0 Å². The maximum atomic E-state index is 11.7. The Hall–Kier alpha value is -2.13. The van der Waals surface area contributed by atoms with Crippen molar-refractivity contribution in [3.8, 4) is 5.75 Å². The van der Waals surface area contributed by atoms with Crippen molar-refractivity contribution in [3.05, 3.63) is 52.1 Å². The molecule has 0 radical (unpaired) electrons. The standard InChI is InChI=1S/C17H16Cl2N4O3S/c1-26-15-3-2-10(6-16(15)27(20,24)25)4-5-21-17-9-22-13-7-11(18)12(19)8-14(13)23-17/h2-3,6-9H,4-5H2,1H3,(H,21,23)(H2,20,24,25). The van der Waals surface area contributed by atoms with E-state index in [0.717, 1.165) is 5.56 Å². The second kappa shape index (κ2) is 7.85. The minimum Gasteiger partial charge on any atom is -0.495 e. The van der Waals surface area contributed by atoms with Crippen LogP contribution in [0, 0.1) is 0 Å². The molecule has 1 heterocycles. The van der Waals surface area contributed by atoms with E-state index in [1.165, 1.54) is 13.2 Å². The molecule has 0 amide bonds. The SMILES string of the molecule is COc1ccc(CCNc2cnc3cc(Cl)c(Cl)cc3n2)cc1S(N)(=O)=O. The molecule has 3 rings (SSSR count). The van der Waals surface area contributed by atoms with Gasteiger partial charge in [-0.25, -0.2) is 18.5 Å². The second-order valence-corrected chi connectivity index (χ2v) is 8.06. The van der Waals surface area contributed by atoms with Crippen LogP contribution in [0.25, 0.3) is 11.0 Å². The van der Waals surface area contributed by atoms with Crippen molar-refractivity contribution in [1.29, 1.82) is 0 Å². The number of primary sulfonamides is 1. The maximum Gasteiger partial charge on any atom is 0.241 e. The smallest absolute Gasteiger partial charge is 0.241 e. The first-order valence-electron chi connectivity index (χ1n) is 7.83. The molecule has 0 fully saturated rings. The van der Waals surface area contributed by atoms with Crippen LogP contribution in [0.3, 0.4) is 0 Å². The molecule has 0 aliphatic heterocycles. The van der Waals surface area contributed by atoms with Gasteiger partial charge in [-0.2, -0.15) is 0 Å². The molecule has 2 aromatic carbocycles. The van der Waals surface area contributed by atoms with Crippen LogP contribution in [0.5, 0.6) is 5.75 Å². The summed E-state index contributed by atoms with van der Waals surface area (Å²) in [5, 5.41) is 9.21. The molecule has 0 saturated heterocycles. The number of methoxy groups -OCH3 is 1. The molecule has 3 N–H and O–H groups in total. The number of nitrogens with one attached hydrogen (secondary N) is 1. The van der Waals surface area contributed by atoms with Crippen molar-refractivity contribution >= 4 is 50.1 Å². The molecule has 1 aromatic heterocycles. The minimum absolute atomic E-state index is 0.0421. The fourth-order valence-corrected chi connectivity index (χ4v) is 3.59. The second-order valence-electron chi connectivity index (χ2n) is 5.72. The number of aromatic nitrogens is 2. The average Bonchev–Trinajstić information content (AvgIpc) is 2.62. The van der Waals surface area contributed by atoms with Gasteiger partial charge in [0.15, 0.2) is 0 Å². The number of rotatable bonds is 6. The third kappa shape index (κ3) is 4.59. The summed E-state index contributed by atoms with van der Waals surface area (Å²) < 4.78 is 28.4. The summed E-state index contributed by atoms with van der Waals surface area (Å²) >= 11 is 12.0. The molecular weight excluding hydrogens is 411 g/mol. The summed E-state index contributed by atoms with van der Waals surface area (Å²) in [7, 11) is -2.48. The molecule has 0 bridgehead atoms. The van der Waals surface area contributed by atoms with E-state index in [2.05, 4.69) is 15.3 Å². The lowest BCUT2D eigenvalue weighted by molar-refractivity contribution is 0.402. The molecule has 0 atom stereocenters. The Kier molecular flexibility index (Phi) is 5.71. The van der Waals surface area contributed by atoms with E-state index < -0.39 is 10.0 Å². The topological polar surface area (TPSA) is 107 Å². The van der Waals surface area contributed by atoms with Gasteiger partial charge in [0.05, 0.1) is 34.4 Å². The van der Waals surface area contributed by atoms with E-state index in [9.17, 15) is 8.42 Å². The predicted octanol–water partition coefficient (Wildman–Crippen LogP) is 3.25. The fourth-order valence-electron chi connectivity index (χ4n) is 2.53. The van der Waals surface area contributed by atoms with E-state index in [1.807, 2.05) is 0 Å². The van der Waals surface area contributed by atoms with Crippen LogP contribution >= 0.6 is 23.2 Å². The zero-order chi connectivity index (χ0) is 19.6. The molecule has 27 heavy (non-hydrogen) atoms. The molecule has 3 aromatic rings. The largest absolute Gasteiger partial charge is 0.495 e. The summed E-state index contributed by atoms with van der Waals surface area (Å²) in [6, 6.07) is 8.17. The first-order valence-corrected chi connectivity index (χ1v) is 10.1. The number of nitrogens with zero attached hydrogens (tertiary/aromatic N) is 2. The molecular formula is C17H16Cl2N4O3S. The van der Waals surface area contributed by atoms with Crippen molar-refractivity contribution in [2.45, 2.75) is 11.3 Å². The monoisotopic (exact) mass is 426 g/mol. The van der Waals surface area contributed by atoms with Crippen LogP contribution in [0.4, 0.5) is 5.82 Å². The average molecular weight is 427 g/mol. The van der Waals surface area contributed by atoms with Crippen molar-refractivity contribution in [2.75, 3.05) is 19.0 Å². The lowest BCUT2D eigenvalue weighted by Crippen LogP contribution is -2.14. The maximum absolute atomic E-state index is 11.7. The number of benzene rings is 2. The summed E-state index contributed by atoms with van der Waals surface area (Å²) in [4.78, 5) is 8.70. The Morgan fingerprint density at radius 3 is 2.52 bits per heavy atom. The Morgan fingerprint density at radius 1 is 1.15 bits per heavy atom. The number of nitrogens with two attached hydrogens (primary N) is 1. The van der Waals surface area contributed by atoms with Gasteiger partial charge in [-0.05, 0) is 36.2 Å². The molecule has 142 valence electrons. The van der Waals surface area contributed by atoms with Gasteiger partial charge in [0, 0.05) is 6.54 Å². The van der Waals surface area contributed by atoms with Crippen LogP contribution in [-0.4, -0.2) is 32.0 Å². The van der Waals surface area contributed by atoms with Crippen molar-refractivity contribution in [2.24, 2.45) is 5.14 Å². The van der Waals surface area contributed by atoms with Crippen LogP contribution in [0.1, 0.15) is 5.56 Å². The predicted molar refractivity (Wildman–Crippen MR) is 106 cm³/mol. The van der Waals surface area contributed by atoms with Gasteiger partial charge in [0.1, 0.15) is 16.5 Å². The molecule has 0 saturated carbocycles. The Morgan fingerprint density at radius 2 is 1.85 bits per heavy atom. The number of anilines is 1. The Labute approximate surface area is 166 Å². The highest BCUT2D eigenvalue weighted by molar-refractivity contribution is 7.89. The molecule has 0 aliphatic carbocycles. The first kappa shape index (κ1) is 19.6. The van der Waals surface area contributed by atoms with Crippen LogP contribution in [0.2, 0.25) is 10.0 Å². The van der Waals surface area contributed by atoms with Crippen LogP contribution < -0.4 is 15.2 Å². The summed E-state index contributed by atoms with van der Waals surface area (Å²) in [5.41, 5.74) is 2.05. The van der Waals surface area contributed by atoms with Gasteiger partial charge in [-0.3, -0.25) is 4.98 Å². The van der Waals surface area contributed by atoms with Gasteiger partial charge < -0.3 is 10.1 Å². The first-order chi connectivity index (χ1) is 12.8. The van der Waals surface area contributed by atoms with Crippen molar-refractivity contribution in [3.63, 3.8) is 0 Å². The summed E-state index contributed by atoms with van der Waals surface area (Å²) in [5.74, 6) is 0.784. The molecule has 0 unspecified atom stereocenters. The zero-order valence-electron chi connectivity index (χ0n) is 14.2. The van der Waals surface area contributed by atoms with Crippen molar-refractivity contribution < 1.29 is 13.2 Å². The highest BCUT2D eigenvalue weighted by Gasteiger charge is 2.15. The van der Waals surface area contributed by atoms with E-state index in [0.29, 0.717) is 39.9 Å². The van der Waals surface area contributed by atoms with Crippen LogP contribution in [-0.2, 0) is 16.4 Å². The Bertz CT molecular complexity index is 1110. The number of ether oxygens (including phenoxy) is 1. The Balaban J connectivity index is 1.73. The summed E-state index contributed by atoms with van der Waals surface area (Å²) in [6.07, 6.45) is 2.14. The molecule has 0 spiro atoms. The normalized spacial score (nSPS) is 11.6. The number of hydrogen-bond acceptors (Lipinski definition) is 6. The highest BCUT2D eigenvalue weighted by atomic mass is 35.5. The van der Waals surface area contributed by atoms with E-state index in [1.54, 1.807) is 30.5 Å². The molecule has 10 heteroatoms. The van der Waals surface area contributed by atoms with E-state index in [4.69, 9.17) is 33.1 Å². The lowest BCUT2D eigenvalue weighted by Gasteiger charge is -2.10. The third-order valence-corrected chi connectivity index (χ3v) is 5.49. The van der Waals surface area contributed by atoms with E-state index >= 15 is 0 Å². The molecule has 7 nitrogen and oxygen atoms in total. The van der Waals surface area contributed by atoms with Crippen molar-refractivity contribution in [1.82, 2.24) is 9.97 Å². The van der Waals surface area contributed by atoms with Gasteiger partial charge in [-0.15, -0.1) is 0 Å². The number of hydrogen-bond donors (Lipinski definition) is 2.